The van der Waals surface area contributed by atoms with Crippen molar-refractivity contribution in [3.8, 4) is 12.3 Å². The van der Waals surface area contributed by atoms with Crippen LogP contribution in [0.1, 0.15) is 119 Å². The lowest BCUT2D eigenvalue weighted by molar-refractivity contribution is -0.146. The molecule has 3 aliphatic carbocycles. The molecular formula is C42H66N6O7. The highest BCUT2D eigenvalue weighted by Crippen LogP contribution is 2.65. The van der Waals surface area contributed by atoms with Crippen LogP contribution in [-0.2, 0) is 23.9 Å². The van der Waals surface area contributed by atoms with E-state index in [9.17, 15) is 28.8 Å². The number of urea groups is 1. The second-order valence-corrected chi connectivity index (χ2v) is 18.2. The minimum Gasteiger partial charge on any atom is -0.447 e. The summed E-state index contributed by atoms with van der Waals surface area (Å²) in [6.45, 7) is 16.4. The van der Waals surface area contributed by atoms with Crippen LogP contribution in [0, 0.1) is 46.3 Å². The maximum atomic E-state index is 14.9. The Morgan fingerprint density at radius 1 is 0.945 bits per heavy atom. The van der Waals surface area contributed by atoms with Gasteiger partial charge in [-0.1, -0.05) is 86.1 Å². The molecule has 13 nitrogen and oxygen atoms in total. The minimum atomic E-state index is -1.17. The maximum Gasteiger partial charge on any atom is 0.407 e. The quantitative estimate of drug-likeness (QED) is 0.0867. The monoisotopic (exact) mass is 766 g/mol. The SMILES string of the molecule is C#CCCC(NC(=O)C1[C@@H]2[C@H](CN1C(=O)C(NC(=O)N[C@H](COC(=O)NCC1CCCCC1)C(C)(C)C)C1(C)CCCCC1)C2(C)C)C(=O)C(=O)NCC=C. The number of alkyl carbamates (subject to hydrolysis) is 1. The van der Waals surface area contributed by atoms with Gasteiger partial charge in [0.15, 0.2) is 0 Å². The summed E-state index contributed by atoms with van der Waals surface area (Å²) in [5, 5.41) is 14.2. The maximum absolute atomic E-state index is 14.9. The Balaban J connectivity index is 1.51. The highest BCUT2D eigenvalue weighted by molar-refractivity contribution is 6.38. The summed E-state index contributed by atoms with van der Waals surface area (Å²) in [7, 11) is 0. The average molecular weight is 767 g/mol. The van der Waals surface area contributed by atoms with Gasteiger partial charge in [0.2, 0.25) is 17.6 Å². The van der Waals surface area contributed by atoms with E-state index in [2.05, 4.69) is 52.9 Å². The number of terminal acetylenes is 1. The number of likely N-dealkylation sites (tertiary alicyclic amines) is 1. The zero-order valence-corrected chi connectivity index (χ0v) is 34.0. The van der Waals surface area contributed by atoms with Gasteiger partial charge in [0.05, 0.1) is 12.1 Å². The number of amides is 6. The lowest BCUT2D eigenvalue weighted by Crippen LogP contribution is -2.63. The van der Waals surface area contributed by atoms with E-state index in [1.165, 1.54) is 25.3 Å². The molecule has 0 spiro atoms. The van der Waals surface area contributed by atoms with Crippen molar-refractivity contribution in [1.82, 2.24) is 31.5 Å². The van der Waals surface area contributed by atoms with E-state index in [0.29, 0.717) is 31.8 Å². The van der Waals surface area contributed by atoms with Crippen LogP contribution < -0.4 is 26.6 Å². The summed E-state index contributed by atoms with van der Waals surface area (Å²) in [4.78, 5) is 83.0. The molecule has 0 aromatic carbocycles. The van der Waals surface area contributed by atoms with Gasteiger partial charge in [-0.25, -0.2) is 9.59 Å². The number of Topliss-reactive ketones (excluding diaryl/α,β-unsaturated/α-hetero) is 1. The highest BCUT2D eigenvalue weighted by atomic mass is 16.5. The number of hydrogen-bond acceptors (Lipinski definition) is 7. The minimum absolute atomic E-state index is 0.0447. The fourth-order valence-electron chi connectivity index (χ4n) is 8.99. The van der Waals surface area contributed by atoms with Crippen LogP contribution in [0.4, 0.5) is 9.59 Å². The molecule has 0 aromatic rings. The van der Waals surface area contributed by atoms with Crippen LogP contribution in [0.3, 0.4) is 0 Å². The molecule has 3 saturated carbocycles. The second-order valence-electron chi connectivity index (χ2n) is 18.2. The van der Waals surface area contributed by atoms with Crippen LogP contribution in [0.2, 0.25) is 0 Å². The molecule has 6 atom stereocenters. The van der Waals surface area contributed by atoms with Crippen LogP contribution >= 0.6 is 0 Å². The van der Waals surface area contributed by atoms with E-state index in [-0.39, 0.29) is 49.2 Å². The molecule has 1 heterocycles. The van der Waals surface area contributed by atoms with E-state index in [0.717, 1.165) is 32.1 Å². The Bertz CT molecular complexity index is 1470. The van der Waals surface area contributed by atoms with Gasteiger partial charge in [0.25, 0.3) is 5.91 Å². The van der Waals surface area contributed by atoms with E-state index < -0.39 is 64.7 Å². The molecule has 55 heavy (non-hydrogen) atoms. The lowest BCUT2D eigenvalue weighted by Gasteiger charge is -2.43. The van der Waals surface area contributed by atoms with Crippen molar-refractivity contribution < 1.29 is 33.5 Å². The smallest absolute Gasteiger partial charge is 0.407 e. The molecule has 1 saturated heterocycles. The van der Waals surface area contributed by atoms with Gasteiger partial charge in [0.1, 0.15) is 18.7 Å². The number of piperidine rings is 1. The second kappa shape index (κ2) is 18.7. The number of fused-ring (bicyclic) bond motifs is 1. The number of carbonyl (C=O) groups excluding carboxylic acids is 6. The molecule has 0 bridgehead atoms. The van der Waals surface area contributed by atoms with Gasteiger partial charge in [-0.05, 0) is 66.1 Å². The first-order valence-corrected chi connectivity index (χ1v) is 20.4. The number of ketones is 1. The molecule has 306 valence electrons. The standard InChI is InChI=1S/C42H66N6O7/c1-9-11-20-29(33(49)36(51)43-23-10-2)45-35(50)32-31-28(41(31,6)7)25-48(32)37(52)34(42(8)21-16-13-17-22-42)47-38(53)46-30(40(3,4)5)26-55-39(54)44-24-27-18-14-12-15-19-27/h1,10,27-32,34H,2,11-26H2,3-8H3,(H,43,51)(H,44,54)(H,45,50)(H2,46,47,53)/t28-,29?,30+,31-,32?,34?/m0/s1. The zero-order chi connectivity index (χ0) is 40.6. The molecule has 0 radical (unpaired) electrons. The average Bonchev–Trinajstić information content (AvgIpc) is 3.44. The highest BCUT2D eigenvalue weighted by Gasteiger charge is 2.70. The van der Waals surface area contributed by atoms with Crippen molar-refractivity contribution in [2.45, 2.75) is 143 Å². The summed E-state index contributed by atoms with van der Waals surface area (Å²) < 4.78 is 5.60. The Morgan fingerprint density at radius 3 is 2.22 bits per heavy atom. The van der Waals surface area contributed by atoms with Crippen molar-refractivity contribution in [2.24, 2.45) is 34.0 Å². The van der Waals surface area contributed by atoms with Crippen molar-refractivity contribution in [2.75, 3.05) is 26.2 Å². The molecule has 3 unspecified atom stereocenters. The third kappa shape index (κ3) is 11.0. The summed E-state index contributed by atoms with van der Waals surface area (Å²) in [5.74, 6) is 0.233. The number of carbonyl (C=O) groups is 6. The molecule has 0 aromatic heterocycles. The lowest BCUT2D eigenvalue weighted by atomic mass is 9.70. The van der Waals surface area contributed by atoms with E-state index >= 15 is 0 Å². The first-order chi connectivity index (χ1) is 25.9. The first-order valence-electron chi connectivity index (χ1n) is 20.4. The van der Waals surface area contributed by atoms with Crippen LogP contribution in [-0.4, -0.2) is 90.9 Å². The fourth-order valence-corrected chi connectivity index (χ4v) is 8.99. The van der Waals surface area contributed by atoms with Gasteiger partial charge in [0, 0.05) is 26.1 Å². The zero-order valence-electron chi connectivity index (χ0n) is 34.0. The van der Waals surface area contributed by atoms with Gasteiger partial charge >= 0.3 is 12.1 Å². The molecule has 4 rings (SSSR count). The fraction of sp³-hybridized carbons (Fsp3) is 0.762. The van der Waals surface area contributed by atoms with Gasteiger partial charge in [-0.3, -0.25) is 19.2 Å². The van der Waals surface area contributed by atoms with Gasteiger partial charge < -0.3 is 36.2 Å². The van der Waals surface area contributed by atoms with Crippen molar-refractivity contribution >= 4 is 35.6 Å². The first kappa shape index (κ1) is 43.6. The molecule has 5 N–H and O–H groups in total. The summed E-state index contributed by atoms with van der Waals surface area (Å²) >= 11 is 0. The largest absolute Gasteiger partial charge is 0.447 e. The Morgan fingerprint density at radius 2 is 1.60 bits per heavy atom. The third-order valence-electron chi connectivity index (χ3n) is 12.8. The summed E-state index contributed by atoms with van der Waals surface area (Å²) in [6, 6.07) is -4.16. The van der Waals surface area contributed by atoms with Crippen molar-refractivity contribution in [3.63, 3.8) is 0 Å². The molecule has 4 fully saturated rings. The predicted octanol–water partition coefficient (Wildman–Crippen LogP) is 4.60. The third-order valence-corrected chi connectivity index (χ3v) is 12.8. The number of rotatable bonds is 16. The number of nitrogens with zero attached hydrogens (tertiary/aromatic N) is 1. The molecule has 1 aliphatic heterocycles. The van der Waals surface area contributed by atoms with Crippen molar-refractivity contribution in [3.05, 3.63) is 12.7 Å². The number of nitrogens with one attached hydrogen (secondary N) is 5. The number of hydrogen-bond donors (Lipinski definition) is 5. The molecule has 4 aliphatic rings. The van der Waals surface area contributed by atoms with Crippen LogP contribution in [0.25, 0.3) is 0 Å². The Labute approximate surface area is 328 Å². The number of ether oxygens (including phenoxy) is 1. The normalized spacial score (nSPS) is 24.4. The van der Waals surface area contributed by atoms with E-state index in [1.807, 2.05) is 27.7 Å². The van der Waals surface area contributed by atoms with Crippen LogP contribution in [0.5, 0.6) is 0 Å². The van der Waals surface area contributed by atoms with Crippen LogP contribution in [0.15, 0.2) is 12.7 Å². The Hall–Kier alpha value is -4.08. The topological polar surface area (TPSA) is 175 Å². The molecule has 13 heteroatoms. The summed E-state index contributed by atoms with van der Waals surface area (Å²) in [6.07, 6.45) is 16.6. The summed E-state index contributed by atoms with van der Waals surface area (Å²) in [5.41, 5.74) is -1.30. The molecule has 6 amide bonds. The van der Waals surface area contributed by atoms with Gasteiger partial charge in [-0.2, -0.15) is 0 Å². The van der Waals surface area contributed by atoms with Gasteiger partial charge in [-0.15, -0.1) is 18.9 Å². The van der Waals surface area contributed by atoms with Crippen molar-refractivity contribution in [1.29, 1.82) is 0 Å². The predicted molar refractivity (Wildman–Crippen MR) is 210 cm³/mol. The molecular weight excluding hydrogens is 700 g/mol. The Kier molecular flexibility index (Phi) is 14.8. The van der Waals surface area contributed by atoms with E-state index in [4.69, 9.17) is 11.2 Å². The van der Waals surface area contributed by atoms with E-state index in [1.54, 1.807) is 4.90 Å².